The van der Waals surface area contributed by atoms with Gasteiger partial charge in [0.15, 0.2) is 11.6 Å². The van der Waals surface area contributed by atoms with Crippen LogP contribution in [0, 0.1) is 17.7 Å². The van der Waals surface area contributed by atoms with Crippen molar-refractivity contribution in [1.29, 1.82) is 0 Å². The van der Waals surface area contributed by atoms with Gasteiger partial charge in [0.05, 0.1) is 5.69 Å². The Morgan fingerprint density at radius 3 is 2.95 bits per heavy atom. The lowest BCUT2D eigenvalue weighted by Crippen LogP contribution is -2.42. The van der Waals surface area contributed by atoms with Crippen LogP contribution in [-0.4, -0.2) is 35.5 Å². The summed E-state index contributed by atoms with van der Waals surface area (Å²) in [5, 5.41) is 3.03. The molecular weight excluding hydrogens is 283 g/mol. The van der Waals surface area contributed by atoms with Gasteiger partial charge in [0.25, 0.3) is 0 Å². The summed E-state index contributed by atoms with van der Waals surface area (Å²) in [5.41, 5.74) is 0.467. The topological polar surface area (TPSA) is 58.1 Å². The summed E-state index contributed by atoms with van der Waals surface area (Å²) < 4.78 is 14.4. The van der Waals surface area contributed by atoms with Gasteiger partial charge in [-0.05, 0) is 38.0 Å². The molecule has 5 nitrogen and oxygen atoms in total. The number of halogens is 1. The number of aromatic nitrogens is 2. The van der Waals surface area contributed by atoms with Crippen molar-refractivity contribution in [3.05, 3.63) is 17.8 Å². The molecule has 1 saturated heterocycles. The Balaban J connectivity index is 1.61. The first-order valence-electron chi connectivity index (χ1n) is 8.21. The van der Waals surface area contributed by atoms with E-state index in [-0.39, 0.29) is 17.6 Å². The zero-order valence-corrected chi connectivity index (χ0v) is 13.0. The van der Waals surface area contributed by atoms with Crippen molar-refractivity contribution in [3.63, 3.8) is 0 Å². The van der Waals surface area contributed by atoms with Crippen LogP contribution < -0.4 is 10.2 Å². The normalized spacial score (nSPS) is 21.7. The van der Waals surface area contributed by atoms with Crippen LogP contribution in [-0.2, 0) is 11.2 Å². The number of amides is 1. The molecular formula is C16H23FN4O. The quantitative estimate of drug-likeness (QED) is 0.903. The van der Waals surface area contributed by atoms with E-state index < -0.39 is 0 Å². The SMILES string of the molecule is CCc1ncnc(N2CCCC(CNC(=O)C3CC3)C2)c1F. The second-order valence-corrected chi connectivity index (χ2v) is 6.29. The highest BCUT2D eigenvalue weighted by molar-refractivity contribution is 5.80. The maximum atomic E-state index is 14.4. The van der Waals surface area contributed by atoms with Crippen LogP contribution >= 0.6 is 0 Å². The van der Waals surface area contributed by atoms with Crippen molar-refractivity contribution < 1.29 is 9.18 Å². The number of hydrogen-bond donors (Lipinski definition) is 1. The van der Waals surface area contributed by atoms with Crippen LogP contribution in [0.25, 0.3) is 0 Å². The van der Waals surface area contributed by atoms with E-state index in [1.807, 2.05) is 11.8 Å². The van der Waals surface area contributed by atoms with Crippen molar-refractivity contribution in [2.75, 3.05) is 24.5 Å². The lowest BCUT2D eigenvalue weighted by molar-refractivity contribution is -0.122. The van der Waals surface area contributed by atoms with Gasteiger partial charge in [0.1, 0.15) is 6.33 Å². The van der Waals surface area contributed by atoms with Crippen molar-refractivity contribution in [2.45, 2.75) is 39.0 Å². The molecule has 1 N–H and O–H groups in total. The molecule has 0 radical (unpaired) electrons. The smallest absolute Gasteiger partial charge is 0.223 e. The van der Waals surface area contributed by atoms with E-state index in [1.165, 1.54) is 6.33 Å². The molecule has 1 unspecified atom stereocenters. The van der Waals surface area contributed by atoms with Gasteiger partial charge in [-0.2, -0.15) is 0 Å². The lowest BCUT2D eigenvalue weighted by atomic mass is 9.98. The standard InChI is InChI=1S/C16H23FN4O/c1-2-13-14(17)15(20-10-19-13)21-7-3-4-11(9-21)8-18-16(22)12-5-6-12/h10-12H,2-9H2,1H3,(H,18,22). The molecule has 1 saturated carbocycles. The number of nitrogens with one attached hydrogen (secondary N) is 1. The number of nitrogens with zero attached hydrogens (tertiary/aromatic N) is 3. The van der Waals surface area contributed by atoms with Crippen molar-refractivity contribution in [1.82, 2.24) is 15.3 Å². The Hall–Kier alpha value is -1.72. The van der Waals surface area contributed by atoms with Crippen LogP contribution in [0.5, 0.6) is 0 Å². The van der Waals surface area contributed by atoms with Gasteiger partial charge >= 0.3 is 0 Å². The molecule has 6 heteroatoms. The summed E-state index contributed by atoms with van der Waals surface area (Å²) >= 11 is 0. The molecule has 0 bridgehead atoms. The van der Waals surface area contributed by atoms with Crippen LogP contribution in [0.15, 0.2) is 6.33 Å². The predicted molar refractivity (Wildman–Crippen MR) is 82.0 cm³/mol. The molecule has 1 aromatic rings. The third kappa shape index (κ3) is 3.36. The minimum absolute atomic E-state index is 0.179. The fraction of sp³-hybridized carbons (Fsp3) is 0.688. The number of carbonyl (C=O) groups excluding carboxylic acids is 1. The molecule has 2 heterocycles. The molecule has 22 heavy (non-hydrogen) atoms. The van der Waals surface area contributed by atoms with Gasteiger partial charge in [-0.25, -0.2) is 14.4 Å². The molecule has 0 aromatic carbocycles. The maximum Gasteiger partial charge on any atom is 0.223 e. The Labute approximate surface area is 130 Å². The van der Waals surface area contributed by atoms with Gasteiger partial charge in [-0.15, -0.1) is 0 Å². The van der Waals surface area contributed by atoms with Gasteiger partial charge < -0.3 is 10.2 Å². The van der Waals surface area contributed by atoms with Crippen LogP contribution in [0.3, 0.4) is 0 Å². The minimum Gasteiger partial charge on any atom is -0.356 e. The molecule has 2 aliphatic rings. The van der Waals surface area contributed by atoms with Crippen molar-refractivity contribution in [3.8, 4) is 0 Å². The molecule has 2 fully saturated rings. The molecule has 1 aliphatic heterocycles. The summed E-state index contributed by atoms with van der Waals surface area (Å²) in [6.07, 6.45) is 6.11. The summed E-state index contributed by atoms with van der Waals surface area (Å²) in [7, 11) is 0. The first-order chi connectivity index (χ1) is 10.7. The molecule has 3 rings (SSSR count). The molecule has 1 aliphatic carbocycles. The summed E-state index contributed by atoms with van der Waals surface area (Å²) in [6.45, 7) is 4.12. The Morgan fingerprint density at radius 2 is 2.23 bits per heavy atom. The van der Waals surface area contributed by atoms with Crippen LogP contribution in [0.2, 0.25) is 0 Å². The molecule has 1 amide bonds. The average molecular weight is 306 g/mol. The zero-order valence-electron chi connectivity index (χ0n) is 13.0. The summed E-state index contributed by atoms with van der Waals surface area (Å²) in [4.78, 5) is 21.8. The number of hydrogen-bond acceptors (Lipinski definition) is 4. The second-order valence-electron chi connectivity index (χ2n) is 6.29. The average Bonchev–Trinajstić information content (AvgIpc) is 3.38. The van der Waals surface area contributed by atoms with Crippen LogP contribution in [0.1, 0.15) is 38.3 Å². The third-order valence-electron chi connectivity index (χ3n) is 4.51. The van der Waals surface area contributed by atoms with E-state index >= 15 is 0 Å². The summed E-state index contributed by atoms with van der Waals surface area (Å²) in [5.74, 6) is 0.887. The molecule has 120 valence electrons. The third-order valence-corrected chi connectivity index (χ3v) is 4.51. The number of piperidine rings is 1. The van der Waals surface area contributed by atoms with Gasteiger partial charge in [-0.3, -0.25) is 4.79 Å². The van der Waals surface area contributed by atoms with Crippen molar-refractivity contribution >= 4 is 11.7 Å². The highest BCUT2D eigenvalue weighted by Crippen LogP contribution is 2.29. The molecule has 1 aromatic heterocycles. The molecule has 0 spiro atoms. The minimum atomic E-state index is -0.298. The fourth-order valence-corrected chi connectivity index (χ4v) is 3.02. The number of carbonyl (C=O) groups is 1. The van der Waals surface area contributed by atoms with Gasteiger partial charge in [0, 0.05) is 25.6 Å². The maximum absolute atomic E-state index is 14.4. The van der Waals surface area contributed by atoms with E-state index in [0.29, 0.717) is 30.4 Å². The Morgan fingerprint density at radius 1 is 1.41 bits per heavy atom. The van der Waals surface area contributed by atoms with Crippen LogP contribution in [0.4, 0.5) is 10.2 Å². The number of aryl methyl sites for hydroxylation is 1. The van der Waals surface area contributed by atoms with E-state index in [1.54, 1.807) is 0 Å². The number of anilines is 1. The highest BCUT2D eigenvalue weighted by Gasteiger charge is 2.30. The molecule has 1 atom stereocenters. The fourth-order valence-electron chi connectivity index (χ4n) is 3.02. The largest absolute Gasteiger partial charge is 0.356 e. The monoisotopic (exact) mass is 306 g/mol. The van der Waals surface area contributed by atoms with E-state index in [2.05, 4.69) is 15.3 Å². The highest BCUT2D eigenvalue weighted by atomic mass is 19.1. The lowest BCUT2D eigenvalue weighted by Gasteiger charge is -2.33. The zero-order chi connectivity index (χ0) is 15.5. The Kier molecular flexibility index (Phi) is 4.55. The Bertz CT molecular complexity index is 547. The second kappa shape index (κ2) is 6.58. The van der Waals surface area contributed by atoms with E-state index in [0.717, 1.165) is 38.8 Å². The van der Waals surface area contributed by atoms with E-state index in [4.69, 9.17) is 0 Å². The predicted octanol–water partition coefficient (Wildman–Crippen LogP) is 1.92. The van der Waals surface area contributed by atoms with Gasteiger partial charge in [-0.1, -0.05) is 6.92 Å². The van der Waals surface area contributed by atoms with Gasteiger partial charge in [0.2, 0.25) is 5.91 Å². The summed E-state index contributed by atoms with van der Waals surface area (Å²) in [6, 6.07) is 0. The first-order valence-corrected chi connectivity index (χ1v) is 8.21. The van der Waals surface area contributed by atoms with Crippen molar-refractivity contribution in [2.24, 2.45) is 11.8 Å². The number of rotatable bonds is 5. The first kappa shape index (κ1) is 15.2. The van der Waals surface area contributed by atoms with E-state index in [9.17, 15) is 9.18 Å².